The van der Waals surface area contributed by atoms with Crippen LogP contribution in [0.1, 0.15) is 26.7 Å². The Bertz CT molecular complexity index is 258. The molecule has 0 aromatic rings. The largest absolute Gasteiger partial charge is 0.373 e. The molecule has 0 atom stereocenters. The molecule has 0 N–H and O–H groups in total. The molecule has 0 aromatic carbocycles. The summed E-state index contributed by atoms with van der Waals surface area (Å²) in [6, 6.07) is 0. The topological polar surface area (TPSA) is 28.1 Å². The molecule has 0 unspecified atom stereocenters. The molecule has 0 heterocycles. The third kappa shape index (κ3) is 5.39. The van der Waals surface area contributed by atoms with Crippen LogP contribution in [0, 0.1) is 5.92 Å². The van der Waals surface area contributed by atoms with Gasteiger partial charge in [-0.15, -0.1) is 0 Å². The molecule has 17 heavy (non-hydrogen) atoms. The number of hydrogen-bond acceptors (Lipinski definition) is 2. The highest BCUT2D eigenvalue weighted by molar-refractivity contribution is 5.79. The number of guanidine groups is 1. The molecule has 1 aliphatic rings. The highest BCUT2D eigenvalue weighted by Crippen LogP contribution is 2.30. The maximum Gasteiger partial charge on any atom is 0.195 e. The van der Waals surface area contributed by atoms with E-state index in [1.54, 1.807) is 0 Å². The number of aliphatic imine (C=N–C) groups is 1. The Morgan fingerprint density at radius 1 is 1.18 bits per heavy atom. The Kier molecular flexibility index (Phi) is 4.80. The van der Waals surface area contributed by atoms with Crippen molar-refractivity contribution in [1.29, 1.82) is 0 Å². The van der Waals surface area contributed by atoms with Gasteiger partial charge in [-0.05, 0) is 32.6 Å². The van der Waals surface area contributed by atoms with Gasteiger partial charge < -0.3 is 14.5 Å². The van der Waals surface area contributed by atoms with E-state index < -0.39 is 0 Å². The lowest BCUT2D eigenvalue weighted by Gasteiger charge is -2.27. The quantitative estimate of drug-likeness (QED) is 0.541. The molecule has 0 amide bonds. The van der Waals surface area contributed by atoms with Gasteiger partial charge in [-0.3, -0.25) is 0 Å². The summed E-state index contributed by atoms with van der Waals surface area (Å²) < 4.78 is 5.92. The minimum atomic E-state index is -0.167. The molecule has 0 radical (unpaired) electrons. The highest BCUT2D eigenvalue weighted by Gasteiger charge is 2.26. The standard InChI is InChI=1S/C13H27N3O/c1-13(2,17-9-11-7-8-11)10-14-12(15(3)4)16(5)6/h11H,7-10H2,1-6H3. The second-order valence-electron chi connectivity index (χ2n) is 5.92. The third-order valence-electron chi connectivity index (χ3n) is 2.81. The first-order chi connectivity index (χ1) is 7.82. The first-order valence-corrected chi connectivity index (χ1v) is 6.35. The SMILES string of the molecule is CN(C)C(=NCC(C)(C)OCC1CC1)N(C)C. The second kappa shape index (κ2) is 5.71. The van der Waals surface area contributed by atoms with Gasteiger partial charge in [0.05, 0.1) is 18.8 Å². The van der Waals surface area contributed by atoms with Crippen molar-refractivity contribution in [3.8, 4) is 0 Å². The Labute approximate surface area is 106 Å². The Balaban J connectivity index is 2.45. The van der Waals surface area contributed by atoms with E-state index in [4.69, 9.17) is 4.74 Å². The van der Waals surface area contributed by atoms with Crippen LogP contribution in [0.3, 0.4) is 0 Å². The van der Waals surface area contributed by atoms with Crippen molar-refractivity contribution >= 4 is 5.96 Å². The maximum atomic E-state index is 5.92. The zero-order valence-corrected chi connectivity index (χ0v) is 12.2. The monoisotopic (exact) mass is 241 g/mol. The van der Waals surface area contributed by atoms with Gasteiger partial charge in [-0.1, -0.05) is 0 Å². The first-order valence-electron chi connectivity index (χ1n) is 6.35. The fourth-order valence-corrected chi connectivity index (χ4v) is 1.62. The minimum Gasteiger partial charge on any atom is -0.373 e. The molecule has 1 fully saturated rings. The van der Waals surface area contributed by atoms with Crippen LogP contribution < -0.4 is 0 Å². The van der Waals surface area contributed by atoms with Gasteiger partial charge in [0.1, 0.15) is 0 Å². The summed E-state index contributed by atoms with van der Waals surface area (Å²) in [6.07, 6.45) is 2.67. The van der Waals surface area contributed by atoms with Gasteiger partial charge in [0, 0.05) is 28.2 Å². The molecule has 0 saturated heterocycles. The molecule has 0 aromatic heterocycles. The molecule has 0 aliphatic heterocycles. The normalized spacial score (nSPS) is 15.6. The zero-order chi connectivity index (χ0) is 13.1. The summed E-state index contributed by atoms with van der Waals surface area (Å²) in [4.78, 5) is 8.69. The molecular formula is C13H27N3O. The number of rotatable bonds is 5. The summed E-state index contributed by atoms with van der Waals surface area (Å²) in [5, 5.41) is 0. The summed E-state index contributed by atoms with van der Waals surface area (Å²) in [6.45, 7) is 5.82. The van der Waals surface area contributed by atoms with Crippen molar-refractivity contribution in [2.75, 3.05) is 41.3 Å². The number of ether oxygens (including phenoxy) is 1. The van der Waals surface area contributed by atoms with Gasteiger partial charge in [0.15, 0.2) is 5.96 Å². The van der Waals surface area contributed by atoms with E-state index >= 15 is 0 Å². The highest BCUT2D eigenvalue weighted by atomic mass is 16.5. The molecule has 1 rings (SSSR count). The summed E-state index contributed by atoms with van der Waals surface area (Å²) in [7, 11) is 8.04. The smallest absolute Gasteiger partial charge is 0.195 e. The van der Waals surface area contributed by atoms with Crippen LogP contribution in [-0.2, 0) is 4.74 Å². The molecule has 1 aliphatic carbocycles. The average molecular weight is 241 g/mol. The van der Waals surface area contributed by atoms with Crippen molar-refractivity contribution < 1.29 is 4.74 Å². The second-order valence-corrected chi connectivity index (χ2v) is 5.92. The molecule has 1 saturated carbocycles. The van der Waals surface area contributed by atoms with Gasteiger partial charge in [0.2, 0.25) is 0 Å². The molecule has 0 bridgehead atoms. The lowest BCUT2D eigenvalue weighted by Crippen LogP contribution is -2.38. The van der Waals surface area contributed by atoms with E-state index in [0.717, 1.165) is 18.5 Å². The lowest BCUT2D eigenvalue weighted by atomic mass is 10.1. The van der Waals surface area contributed by atoms with Crippen LogP contribution in [0.5, 0.6) is 0 Å². The van der Waals surface area contributed by atoms with Gasteiger partial charge in [-0.2, -0.15) is 0 Å². The Hall–Kier alpha value is -0.770. The van der Waals surface area contributed by atoms with Crippen LogP contribution in [0.4, 0.5) is 0 Å². The minimum absolute atomic E-state index is 0.167. The maximum absolute atomic E-state index is 5.92. The lowest BCUT2D eigenvalue weighted by molar-refractivity contribution is -0.0159. The van der Waals surface area contributed by atoms with Crippen LogP contribution in [0.15, 0.2) is 4.99 Å². The van der Waals surface area contributed by atoms with Crippen molar-refractivity contribution in [3.63, 3.8) is 0 Å². The molecule has 0 spiro atoms. The fourth-order valence-electron chi connectivity index (χ4n) is 1.62. The number of nitrogens with zero attached hydrogens (tertiary/aromatic N) is 3. The van der Waals surface area contributed by atoms with E-state index in [0.29, 0.717) is 6.54 Å². The van der Waals surface area contributed by atoms with Crippen LogP contribution in [-0.4, -0.2) is 62.7 Å². The first kappa shape index (κ1) is 14.3. The van der Waals surface area contributed by atoms with Crippen molar-refractivity contribution in [2.45, 2.75) is 32.3 Å². The molecule has 4 heteroatoms. The van der Waals surface area contributed by atoms with Gasteiger partial charge in [0.25, 0.3) is 0 Å². The van der Waals surface area contributed by atoms with E-state index in [1.807, 2.05) is 38.0 Å². The fraction of sp³-hybridized carbons (Fsp3) is 0.923. The van der Waals surface area contributed by atoms with E-state index in [1.165, 1.54) is 12.8 Å². The van der Waals surface area contributed by atoms with E-state index in [9.17, 15) is 0 Å². The molecule has 100 valence electrons. The number of hydrogen-bond donors (Lipinski definition) is 0. The van der Waals surface area contributed by atoms with Crippen LogP contribution in [0.25, 0.3) is 0 Å². The average Bonchev–Trinajstić information content (AvgIpc) is 2.97. The predicted octanol–water partition coefficient (Wildman–Crippen LogP) is 1.67. The summed E-state index contributed by atoms with van der Waals surface area (Å²) in [5.41, 5.74) is -0.167. The Morgan fingerprint density at radius 2 is 1.71 bits per heavy atom. The predicted molar refractivity (Wildman–Crippen MR) is 72.4 cm³/mol. The third-order valence-corrected chi connectivity index (χ3v) is 2.81. The molecular weight excluding hydrogens is 214 g/mol. The van der Waals surface area contributed by atoms with Crippen LogP contribution >= 0.6 is 0 Å². The van der Waals surface area contributed by atoms with Crippen molar-refractivity contribution in [3.05, 3.63) is 0 Å². The van der Waals surface area contributed by atoms with E-state index in [2.05, 4.69) is 18.8 Å². The van der Waals surface area contributed by atoms with E-state index in [-0.39, 0.29) is 5.60 Å². The summed E-state index contributed by atoms with van der Waals surface area (Å²) >= 11 is 0. The van der Waals surface area contributed by atoms with Crippen molar-refractivity contribution in [2.24, 2.45) is 10.9 Å². The zero-order valence-electron chi connectivity index (χ0n) is 12.2. The van der Waals surface area contributed by atoms with Crippen molar-refractivity contribution in [1.82, 2.24) is 9.80 Å². The van der Waals surface area contributed by atoms with Crippen LogP contribution in [0.2, 0.25) is 0 Å². The van der Waals surface area contributed by atoms with Gasteiger partial charge >= 0.3 is 0 Å². The van der Waals surface area contributed by atoms with Gasteiger partial charge in [-0.25, -0.2) is 4.99 Å². The Morgan fingerprint density at radius 3 is 2.12 bits per heavy atom. The summed E-state index contributed by atoms with van der Waals surface area (Å²) in [5.74, 6) is 1.79. The molecule has 4 nitrogen and oxygen atoms in total.